The van der Waals surface area contributed by atoms with Crippen LogP contribution in [0.1, 0.15) is 12.5 Å². The summed E-state index contributed by atoms with van der Waals surface area (Å²) < 4.78 is 28.7. The molecule has 1 fully saturated rings. The van der Waals surface area contributed by atoms with Crippen molar-refractivity contribution in [3.05, 3.63) is 29.8 Å². The lowest BCUT2D eigenvalue weighted by atomic mass is 10.1. The number of alkyl halides is 2. The first-order valence-corrected chi connectivity index (χ1v) is 6.13. The predicted octanol–water partition coefficient (Wildman–Crippen LogP) is 2.08. The van der Waals surface area contributed by atoms with Gasteiger partial charge in [-0.3, -0.25) is 4.90 Å². The first-order valence-electron chi connectivity index (χ1n) is 6.13. The van der Waals surface area contributed by atoms with Crippen LogP contribution < -0.4 is 10.1 Å². The first-order chi connectivity index (χ1) is 8.65. The maximum absolute atomic E-state index is 12.1. The first kappa shape index (κ1) is 13.2. The van der Waals surface area contributed by atoms with Gasteiger partial charge in [-0.2, -0.15) is 8.78 Å². The fraction of sp³-hybridized carbons (Fsp3) is 0.538. The molecule has 1 atom stereocenters. The van der Waals surface area contributed by atoms with Crippen molar-refractivity contribution in [2.75, 3.05) is 19.6 Å². The molecule has 0 radical (unpaired) electrons. The van der Waals surface area contributed by atoms with Crippen LogP contribution >= 0.6 is 0 Å². The van der Waals surface area contributed by atoms with Crippen molar-refractivity contribution in [1.82, 2.24) is 10.2 Å². The van der Waals surface area contributed by atoms with Crippen LogP contribution in [0.15, 0.2) is 24.3 Å². The number of hydrogen-bond acceptors (Lipinski definition) is 3. The van der Waals surface area contributed by atoms with Crippen LogP contribution in [0.2, 0.25) is 0 Å². The Morgan fingerprint density at radius 3 is 3.06 bits per heavy atom. The van der Waals surface area contributed by atoms with Gasteiger partial charge in [-0.1, -0.05) is 12.1 Å². The highest BCUT2D eigenvalue weighted by molar-refractivity contribution is 5.28. The van der Waals surface area contributed by atoms with Gasteiger partial charge in [0, 0.05) is 32.2 Å². The third-order valence-corrected chi connectivity index (χ3v) is 3.15. The zero-order chi connectivity index (χ0) is 13.0. The van der Waals surface area contributed by atoms with Gasteiger partial charge >= 0.3 is 6.61 Å². The molecule has 1 heterocycles. The minimum Gasteiger partial charge on any atom is -0.435 e. The second-order valence-corrected chi connectivity index (χ2v) is 4.55. The predicted molar refractivity (Wildman–Crippen MR) is 65.8 cm³/mol. The third-order valence-electron chi connectivity index (χ3n) is 3.15. The second-order valence-electron chi connectivity index (χ2n) is 4.55. The SMILES string of the molecule is C[C@H]1CNCCN1Cc1cccc(OC(F)F)c1. The molecule has 1 N–H and O–H groups in total. The summed E-state index contributed by atoms with van der Waals surface area (Å²) in [5, 5.41) is 3.32. The number of nitrogens with one attached hydrogen (secondary N) is 1. The number of nitrogens with zero attached hydrogens (tertiary/aromatic N) is 1. The van der Waals surface area contributed by atoms with Gasteiger partial charge in [0.05, 0.1) is 0 Å². The molecule has 0 aromatic heterocycles. The van der Waals surface area contributed by atoms with E-state index >= 15 is 0 Å². The summed E-state index contributed by atoms with van der Waals surface area (Å²) in [4.78, 5) is 2.33. The zero-order valence-corrected chi connectivity index (χ0v) is 10.4. The molecule has 1 saturated heterocycles. The van der Waals surface area contributed by atoms with Crippen LogP contribution in [-0.4, -0.2) is 37.2 Å². The van der Waals surface area contributed by atoms with E-state index in [0.717, 1.165) is 31.7 Å². The van der Waals surface area contributed by atoms with Crippen molar-refractivity contribution in [3.63, 3.8) is 0 Å². The quantitative estimate of drug-likeness (QED) is 0.892. The van der Waals surface area contributed by atoms with Gasteiger partial charge < -0.3 is 10.1 Å². The second kappa shape index (κ2) is 6.11. The Kier molecular flexibility index (Phi) is 4.49. The molecule has 18 heavy (non-hydrogen) atoms. The lowest BCUT2D eigenvalue weighted by molar-refractivity contribution is -0.0499. The van der Waals surface area contributed by atoms with Crippen LogP contribution in [-0.2, 0) is 6.54 Å². The van der Waals surface area contributed by atoms with Crippen LogP contribution in [0.3, 0.4) is 0 Å². The van der Waals surface area contributed by atoms with Gasteiger partial charge in [-0.25, -0.2) is 0 Å². The summed E-state index contributed by atoms with van der Waals surface area (Å²) in [6, 6.07) is 7.38. The largest absolute Gasteiger partial charge is 0.435 e. The molecule has 0 spiro atoms. The minimum absolute atomic E-state index is 0.227. The van der Waals surface area contributed by atoms with Crippen LogP contribution in [0, 0.1) is 0 Å². The number of rotatable bonds is 4. The normalized spacial score (nSPS) is 21.2. The molecule has 100 valence electrons. The standard InChI is InChI=1S/C13H18F2N2O/c1-10-8-16-5-6-17(10)9-11-3-2-4-12(7-11)18-13(14)15/h2-4,7,10,13,16H,5-6,8-9H2,1H3/t10-/m0/s1. The van der Waals surface area contributed by atoms with E-state index < -0.39 is 6.61 Å². The Hall–Kier alpha value is -1.20. The maximum Gasteiger partial charge on any atom is 0.387 e. The monoisotopic (exact) mass is 256 g/mol. The van der Waals surface area contributed by atoms with Gasteiger partial charge in [-0.15, -0.1) is 0 Å². The molecule has 2 rings (SSSR count). The van der Waals surface area contributed by atoms with E-state index in [-0.39, 0.29) is 5.75 Å². The van der Waals surface area contributed by atoms with E-state index in [1.165, 1.54) is 0 Å². The highest BCUT2D eigenvalue weighted by atomic mass is 19.3. The molecule has 0 aliphatic carbocycles. The summed E-state index contributed by atoms with van der Waals surface area (Å²) in [7, 11) is 0. The summed E-state index contributed by atoms with van der Waals surface area (Å²) in [6.07, 6.45) is 0. The van der Waals surface area contributed by atoms with E-state index in [4.69, 9.17) is 0 Å². The van der Waals surface area contributed by atoms with Crippen LogP contribution in [0.4, 0.5) is 8.78 Å². The van der Waals surface area contributed by atoms with Gasteiger partial charge in [0.15, 0.2) is 0 Å². The fourth-order valence-electron chi connectivity index (χ4n) is 2.17. The van der Waals surface area contributed by atoms with Crippen LogP contribution in [0.5, 0.6) is 5.75 Å². The Morgan fingerprint density at radius 1 is 1.50 bits per heavy atom. The Bertz CT molecular complexity index is 387. The van der Waals surface area contributed by atoms with Crippen molar-refractivity contribution < 1.29 is 13.5 Å². The lowest BCUT2D eigenvalue weighted by Gasteiger charge is -2.33. The van der Waals surface area contributed by atoms with Gasteiger partial charge in [0.2, 0.25) is 0 Å². The van der Waals surface area contributed by atoms with E-state index in [2.05, 4.69) is 21.9 Å². The van der Waals surface area contributed by atoms with E-state index in [1.54, 1.807) is 18.2 Å². The average molecular weight is 256 g/mol. The molecule has 1 aromatic carbocycles. The Labute approximate surface area is 106 Å². The van der Waals surface area contributed by atoms with E-state index in [1.807, 2.05) is 6.07 Å². The number of halogens is 2. The summed E-state index contributed by atoms with van der Waals surface area (Å²) >= 11 is 0. The molecule has 1 aromatic rings. The van der Waals surface area contributed by atoms with Crippen molar-refractivity contribution in [2.24, 2.45) is 0 Å². The fourth-order valence-corrected chi connectivity index (χ4v) is 2.17. The van der Waals surface area contributed by atoms with Crippen molar-refractivity contribution in [2.45, 2.75) is 26.1 Å². The topological polar surface area (TPSA) is 24.5 Å². The summed E-state index contributed by atoms with van der Waals surface area (Å²) in [5.74, 6) is 0.227. The molecule has 1 aliphatic rings. The molecular formula is C13H18F2N2O. The summed E-state index contributed by atoms with van der Waals surface area (Å²) in [5.41, 5.74) is 1.00. The van der Waals surface area contributed by atoms with Crippen molar-refractivity contribution in [1.29, 1.82) is 0 Å². The smallest absolute Gasteiger partial charge is 0.387 e. The van der Waals surface area contributed by atoms with Gasteiger partial charge in [-0.05, 0) is 24.6 Å². The van der Waals surface area contributed by atoms with Crippen molar-refractivity contribution in [3.8, 4) is 5.75 Å². The Balaban J connectivity index is 1.99. The molecule has 0 saturated carbocycles. The van der Waals surface area contributed by atoms with Gasteiger partial charge in [0.1, 0.15) is 5.75 Å². The highest BCUT2D eigenvalue weighted by Gasteiger charge is 2.17. The van der Waals surface area contributed by atoms with E-state index in [9.17, 15) is 8.78 Å². The number of hydrogen-bond donors (Lipinski definition) is 1. The van der Waals surface area contributed by atoms with E-state index in [0.29, 0.717) is 6.04 Å². The molecule has 0 bridgehead atoms. The molecule has 3 nitrogen and oxygen atoms in total. The van der Waals surface area contributed by atoms with Gasteiger partial charge in [0.25, 0.3) is 0 Å². The lowest BCUT2D eigenvalue weighted by Crippen LogP contribution is -2.49. The molecule has 0 unspecified atom stereocenters. The number of piperazine rings is 1. The highest BCUT2D eigenvalue weighted by Crippen LogP contribution is 2.18. The maximum atomic E-state index is 12.1. The zero-order valence-electron chi connectivity index (χ0n) is 10.4. The average Bonchev–Trinajstić information content (AvgIpc) is 2.32. The molecular weight excluding hydrogens is 238 g/mol. The Morgan fingerprint density at radius 2 is 2.33 bits per heavy atom. The third kappa shape index (κ3) is 3.65. The number of ether oxygens (including phenoxy) is 1. The molecule has 0 amide bonds. The molecule has 5 heteroatoms. The number of benzene rings is 1. The van der Waals surface area contributed by atoms with Crippen LogP contribution in [0.25, 0.3) is 0 Å². The summed E-state index contributed by atoms with van der Waals surface area (Å²) in [6.45, 7) is 3.07. The van der Waals surface area contributed by atoms with Crippen molar-refractivity contribution >= 4 is 0 Å². The minimum atomic E-state index is -2.77. The molecule has 1 aliphatic heterocycles.